The molecular weight excluding hydrogens is 1380 g/mol. The van der Waals surface area contributed by atoms with Crippen LogP contribution in [0.5, 0.6) is 17.2 Å². The Bertz CT molecular complexity index is 3610. The van der Waals surface area contributed by atoms with Gasteiger partial charge < -0.3 is 100.0 Å². The van der Waals surface area contributed by atoms with Crippen LogP contribution in [0.2, 0.25) is 0 Å². The lowest BCUT2D eigenvalue weighted by atomic mass is 10.00. The van der Waals surface area contributed by atoms with Crippen molar-refractivity contribution in [3.05, 3.63) is 89.5 Å². The number of rotatable bonds is 38. The molecule has 35 heteroatoms. The quantitative estimate of drug-likeness (QED) is 0.0283. The normalized spacial score (nSPS) is 18.2. The second kappa shape index (κ2) is 39.2. The molecule has 3 saturated heterocycles. The molecule has 12 atom stereocenters. The molecule has 3 aliphatic rings. The van der Waals surface area contributed by atoms with Gasteiger partial charge in [-0.15, -0.1) is 0 Å². The van der Waals surface area contributed by atoms with Gasteiger partial charge in [0.25, 0.3) is 0 Å². The van der Waals surface area contributed by atoms with Gasteiger partial charge in [0.15, 0.2) is 0 Å². The predicted molar refractivity (Wildman–Crippen MR) is 373 cm³/mol. The van der Waals surface area contributed by atoms with E-state index in [1.165, 1.54) is 94.0 Å². The van der Waals surface area contributed by atoms with Crippen molar-refractivity contribution in [2.24, 2.45) is 23.1 Å². The zero-order valence-electron chi connectivity index (χ0n) is 58.2. The Morgan fingerprint density at radius 1 is 0.462 bits per heavy atom. The summed E-state index contributed by atoms with van der Waals surface area (Å²) in [7, 11) is 0. The molecule has 3 aliphatic heterocycles. The topological polar surface area (TPSA) is 541 Å². The van der Waals surface area contributed by atoms with Crippen molar-refractivity contribution in [2.75, 3.05) is 31.6 Å². The van der Waals surface area contributed by atoms with Crippen LogP contribution in [-0.4, -0.2) is 233 Å². The van der Waals surface area contributed by atoms with Crippen LogP contribution >= 0.6 is 11.8 Å². The van der Waals surface area contributed by atoms with E-state index < -0.39 is 180 Å². The van der Waals surface area contributed by atoms with Crippen LogP contribution in [0.3, 0.4) is 0 Å². The number of carboxylic acid groups (broad SMARTS) is 2. The van der Waals surface area contributed by atoms with Gasteiger partial charge >= 0.3 is 11.9 Å². The highest BCUT2D eigenvalue weighted by Crippen LogP contribution is 2.30. The fourth-order valence-corrected chi connectivity index (χ4v) is 12.9. The van der Waals surface area contributed by atoms with E-state index in [4.69, 9.17) is 22.3 Å². The second-order valence-electron chi connectivity index (χ2n) is 26.5. The van der Waals surface area contributed by atoms with E-state index in [2.05, 4.69) is 42.5 Å². The van der Waals surface area contributed by atoms with E-state index in [1.807, 2.05) is 0 Å². The first-order chi connectivity index (χ1) is 49.2. The number of nitrogens with zero attached hydrogens (tertiary/aromatic N) is 3. The molecule has 0 unspecified atom stereocenters. The summed E-state index contributed by atoms with van der Waals surface area (Å²) in [5, 5.41) is 68.6. The highest BCUT2D eigenvalue weighted by Gasteiger charge is 2.48. The maximum atomic E-state index is 14.9. The molecule has 0 radical (unpaired) electrons. The number of aromatic hydroxyl groups is 3. The number of thioether (sulfide) groups is 1. The third-order valence-corrected chi connectivity index (χ3v) is 18.5. The van der Waals surface area contributed by atoms with E-state index >= 15 is 0 Å². The molecule has 6 rings (SSSR count). The first-order valence-electron chi connectivity index (χ1n) is 34.2. The number of carbonyl (C=O) groups excluding carboxylic acids is 13. The highest BCUT2D eigenvalue weighted by atomic mass is 32.2. The smallest absolute Gasteiger partial charge is 0.326 e. The van der Waals surface area contributed by atoms with E-state index in [0.29, 0.717) is 35.3 Å². The molecule has 13 amide bonds. The average molecular weight is 1470 g/mol. The van der Waals surface area contributed by atoms with Gasteiger partial charge in [0, 0.05) is 38.9 Å². The van der Waals surface area contributed by atoms with E-state index in [9.17, 15) is 92.3 Å². The third-order valence-electron chi connectivity index (χ3n) is 17.9. The lowest BCUT2D eigenvalue weighted by Crippen LogP contribution is -2.61. The number of hydrogen-bond acceptors (Lipinski definition) is 20. The standard InChI is InChI=1S/C69H94N14O20S/c1-36(2)30-47(76-64(97)49(33-40-15-21-43(86)22-16-40)77-60(93)45(23-24-55(71)87)75-61(94)46(25-29-104-4)74-59(92)44(70)31-38-11-17-41(84)18-12-38)63(96)79-50(34-56(72)88)66(99)82-27-6-9-53(82)68(101)83-28-7-10-54(83)67(100)81-26-5-8-52(81)65(98)78-48(32-39-13-19-42(85)20-14-39)62(95)73-37(3)58(91)80-51(69(102)103)35-57(89)90/h11-22,36-37,44-54,84-86H,5-10,23-35,70H2,1-4H3,(H2,71,87)(H2,72,88)(H,73,95)(H,74,92)(H,75,94)(H,76,97)(H,77,93)(H,78,98)(H,79,96)(H,80,91)(H,89,90)(H,102,103)/t37-,44-,45-,46-,47-,48-,49-,50-,51-,52-,53-,54-/m0/s1. The SMILES string of the molecule is CSCC[C@H](NC(=O)[C@@H](N)Cc1ccc(O)cc1)C(=O)N[C@@H](CCC(N)=O)C(=O)N[C@@H](Cc1ccc(O)cc1)C(=O)N[C@@H](CC(C)C)C(=O)N[C@@H](CC(N)=O)C(=O)N1CCC[C@H]1C(=O)N1CCC[C@H]1C(=O)N1CCC[C@H]1C(=O)N[C@@H](Cc1ccc(O)cc1)C(=O)N[C@@H](C)C(=O)N[C@@H](CC(=O)O)C(=O)O. The molecule has 3 fully saturated rings. The van der Waals surface area contributed by atoms with E-state index in [1.54, 1.807) is 32.2 Å². The van der Waals surface area contributed by atoms with Gasteiger partial charge in [0.1, 0.15) is 83.7 Å². The number of phenols is 3. The summed E-state index contributed by atoms with van der Waals surface area (Å²) >= 11 is 1.36. The van der Waals surface area contributed by atoms with Gasteiger partial charge in [0.05, 0.1) is 18.9 Å². The highest BCUT2D eigenvalue weighted by molar-refractivity contribution is 7.98. The Labute approximate surface area is 603 Å². The minimum atomic E-state index is -1.84. The number of nitrogens with one attached hydrogen (secondary N) is 8. The fraction of sp³-hybridized carbons (Fsp3) is 0.522. The molecule has 0 aromatic heterocycles. The number of likely N-dealkylation sites (tertiary alicyclic amines) is 3. The maximum absolute atomic E-state index is 14.9. The Morgan fingerprint density at radius 2 is 0.865 bits per heavy atom. The Kier molecular flexibility index (Phi) is 31.0. The van der Waals surface area contributed by atoms with Crippen molar-refractivity contribution >= 4 is 100 Å². The molecule has 19 N–H and O–H groups in total. The lowest BCUT2D eigenvalue weighted by Gasteiger charge is -2.35. The molecule has 0 spiro atoms. The van der Waals surface area contributed by atoms with Crippen LogP contribution < -0.4 is 59.7 Å². The van der Waals surface area contributed by atoms with Crippen molar-refractivity contribution in [2.45, 2.75) is 190 Å². The largest absolute Gasteiger partial charge is 0.508 e. The first kappa shape index (κ1) is 82.4. The first-order valence-corrected chi connectivity index (χ1v) is 35.6. The summed E-state index contributed by atoms with van der Waals surface area (Å²) < 4.78 is 0. The zero-order chi connectivity index (χ0) is 76.6. The van der Waals surface area contributed by atoms with Gasteiger partial charge in [-0.3, -0.25) is 67.1 Å². The number of carbonyl (C=O) groups is 15. The van der Waals surface area contributed by atoms with Crippen molar-refractivity contribution in [1.82, 2.24) is 57.2 Å². The number of benzene rings is 3. The van der Waals surface area contributed by atoms with Crippen LogP contribution in [-0.2, 0) is 91.2 Å². The van der Waals surface area contributed by atoms with E-state index in [-0.39, 0.29) is 107 Å². The number of aliphatic carboxylic acids is 2. The molecule has 0 saturated carbocycles. The molecule has 0 bridgehead atoms. The van der Waals surface area contributed by atoms with Crippen LogP contribution in [0.15, 0.2) is 72.8 Å². The summed E-state index contributed by atoms with van der Waals surface area (Å²) in [4.78, 5) is 209. The third kappa shape index (κ3) is 24.6. The van der Waals surface area contributed by atoms with Crippen molar-refractivity contribution in [3.63, 3.8) is 0 Å². The number of phenolic OH excluding ortho intramolecular Hbond substituents is 3. The summed E-state index contributed by atoms with van der Waals surface area (Å²) in [5.41, 5.74) is 18.9. The number of hydrogen-bond donors (Lipinski definition) is 16. The Hall–Kier alpha value is -10.6. The maximum Gasteiger partial charge on any atom is 0.326 e. The summed E-state index contributed by atoms with van der Waals surface area (Å²) in [6, 6.07) is 0.111. The number of amides is 13. The number of nitrogens with two attached hydrogens (primary N) is 3. The molecular formula is C69H94N14O20S. The van der Waals surface area contributed by atoms with Crippen molar-refractivity contribution in [3.8, 4) is 17.2 Å². The van der Waals surface area contributed by atoms with E-state index in [0.717, 1.165) is 0 Å². The molecule has 104 heavy (non-hydrogen) atoms. The van der Waals surface area contributed by atoms with Crippen LogP contribution in [0.25, 0.3) is 0 Å². The Morgan fingerprint density at radius 3 is 1.36 bits per heavy atom. The number of carboxylic acids is 2. The molecule has 3 aromatic carbocycles. The lowest BCUT2D eigenvalue weighted by molar-refractivity contribution is -0.151. The fourth-order valence-electron chi connectivity index (χ4n) is 12.4. The van der Waals surface area contributed by atoms with Gasteiger partial charge in [-0.1, -0.05) is 50.2 Å². The minimum Gasteiger partial charge on any atom is -0.508 e. The zero-order valence-corrected chi connectivity index (χ0v) is 59.0. The molecule has 3 heterocycles. The Balaban J connectivity index is 1.17. The van der Waals surface area contributed by atoms with Crippen molar-refractivity contribution in [1.29, 1.82) is 0 Å². The van der Waals surface area contributed by atoms with Crippen molar-refractivity contribution < 1.29 is 97.5 Å². The average Bonchev–Trinajstić information content (AvgIpc) is 1.62. The van der Waals surface area contributed by atoms with Crippen LogP contribution in [0.4, 0.5) is 0 Å². The summed E-state index contributed by atoms with van der Waals surface area (Å²) in [5.74, 6) is -14.7. The van der Waals surface area contributed by atoms with Crippen LogP contribution in [0, 0.1) is 5.92 Å². The van der Waals surface area contributed by atoms with Crippen LogP contribution in [0.1, 0.15) is 115 Å². The molecule has 0 aliphatic carbocycles. The molecule has 3 aromatic rings. The summed E-state index contributed by atoms with van der Waals surface area (Å²) in [6.07, 6.45) is -0.0534. The number of primary amides is 2. The second-order valence-corrected chi connectivity index (χ2v) is 27.5. The van der Waals surface area contributed by atoms with Gasteiger partial charge in [0.2, 0.25) is 76.8 Å². The minimum absolute atomic E-state index is 0.00144. The molecule has 34 nitrogen and oxygen atoms in total. The van der Waals surface area contributed by atoms with Gasteiger partial charge in [-0.05, 0) is 142 Å². The monoisotopic (exact) mass is 1470 g/mol. The molecule has 566 valence electrons. The van der Waals surface area contributed by atoms with Gasteiger partial charge in [-0.2, -0.15) is 11.8 Å². The summed E-state index contributed by atoms with van der Waals surface area (Å²) in [6.45, 7) is 4.70. The predicted octanol–water partition coefficient (Wildman–Crippen LogP) is -2.47. The van der Waals surface area contributed by atoms with Gasteiger partial charge in [-0.25, -0.2) is 4.79 Å².